The van der Waals surface area contributed by atoms with Gasteiger partial charge in [0.25, 0.3) is 5.91 Å². The van der Waals surface area contributed by atoms with E-state index in [9.17, 15) is 48.9 Å². The van der Waals surface area contributed by atoms with Crippen molar-refractivity contribution in [2.45, 2.75) is 129 Å². The van der Waals surface area contributed by atoms with Gasteiger partial charge in [-0.2, -0.15) is 0 Å². The molecule has 6 rings (SSSR count). The number of ether oxygens (including phenoxy) is 5. The number of esters is 3. The van der Waals surface area contributed by atoms with Gasteiger partial charge in [-0.15, -0.1) is 0 Å². The molecule has 0 spiro atoms. The quantitative estimate of drug-likeness (QED) is 0.0548. The van der Waals surface area contributed by atoms with Crippen molar-refractivity contribution in [1.29, 1.82) is 0 Å². The van der Waals surface area contributed by atoms with E-state index in [0.717, 1.165) is 6.92 Å². The number of carboxylic acids is 2. The van der Waals surface area contributed by atoms with Crippen LogP contribution >= 0.6 is 0 Å². The molecule has 3 aromatic carbocycles. The van der Waals surface area contributed by atoms with E-state index >= 15 is 0 Å². The molecule has 3 aliphatic rings. The van der Waals surface area contributed by atoms with Crippen LogP contribution in [0.1, 0.15) is 113 Å². The Hall–Kier alpha value is -5.31. The third-order valence-electron chi connectivity index (χ3n) is 14.2. The minimum atomic E-state index is -2.12. The van der Waals surface area contributed by atoms with E-state index in [4.69, 9.17) is 33.9 Å². The van der Waals surface area contributed by atoms with E-state index in [1.54, 1.807) is 113 Å². The number of fused-ring (bicyclic) bond motifs is 1. The zero-order chi connectivity index (χ0) is 53.1. The van der Waals surface area contributed by atoms with E-state index in [0.29, 0.717) is 22.3 Å². The van der Waals surface area contributed by atoms with Gasteiger partial charge in [0.05, 0.1) is 54.6 Å². The van der Waals surface area contributed by atoms with Crippen molar-refractivity contribution in [3.63, 3.8) is 0 Å². The van der Waals surface area contributed by atoms with Crippen LogP contribution in [0.4, 0.5) is 0 Å². The van der Waals surface area contributed by atoms with E-state index in [-0.39, 0.29) is 66.9 Å². The largest absolute Gasteiger partial charge is 1.00 e. The van der Waals surface area contributed by atoms with Crippen molar-refractivity contribution in [1.82, 2.24) is 5.32 Å². The Bertz CT molecular complexity index is 2390. The molecule has 1 heterocycles. The monoisotopic (exact) mass is 1010 g/mol. The number of carbonyl (C=O) groups is 7. The van der Waals surface area contributed by atoms with Crippen LogP contribution in [0.2, 0.25) is 0 Å². The molecule has 10 atom stereocenters. The standard InChI is InChI=1S/C47H55NO12.C4H6O5.C2H6.Na/c1-28-29(2)44(4,5)47(55,25-35(28)59-39(52)23-34(31-17-11-8-12-18-31)48-42(53)32-19-13-9-14-20-32)41(60-43(54)33-21-15-10-16-22-33)40-45(6,37(51)26-57-30(3)49)36(50)24-38-46(40,56-7)27-58-38;5-2(4(8)9)1-3(6)7;1-2;/h8-22,34-36,38,40-41,50,55H,23-27H2,1-7H3,(H,48,53);2,5H,1H2,(H,6,7)(H,8,9);1-2H3;/q;;;+1/p-1/t34-,35+,36+,38-,40?,41+,45+,46?,47-;2-;;/m10../s1. The van der Waals surface area contributed by atoms with Crippen molar-refractivity contribution in [2.75, 3.05) is 20.3 Å². The molecule has 2 unspecified atom stereocenters. The second-order valence-corrected chi connectivity index (χ2v) is 18.3. The molecule has 0 aromatic heterocycles. The number of Topliss-reactive ketones (excluding diaryl/α,β-unsaturated/α-hetero) is 1. The molecule has 18 nitrogen and oxygen atoms in total. The summed E-state index contributed by atoms with van der Waals surface area (Å²) in [5.74, 6) is -7.70. The van der Waals surface area contributed by atoms with Gasteiger partial charge in [0, 0.05) is 43.8 Å². The predicted octanol–water partition coefficient (Wildman–Crippen LogP) is 1.09. The van der Waals surface area contributed by atoms with E-state index in [1.165, 1.54) is 14.0 Å². The van der Waals surface area contributed by atoms with E-state index in [1.807, 2.05) is 19.9 Å². The molecule has 1 saturated heterocycles. The minimum Gasteiger partial charge on any atom is -0.547 e. The van der Waals surface area contributed by atoms with Crippen LogP contribution in [-0.4, -0.2) is 124 Å². The van der Waals surface area contributed by atoms with Crippen molar-refractivity contribution in [2.24, 2.45) is 16.7 Å². The zero-order valence-electron chi connectivity index (χ0n) is 42.5. The third kappa shape index (κ3) is 13.3. The van der Waals surface area contributed by atoms with Gasteiger partial charge in [-0.05, 0) is 56.2 Å². The van der Waals surface area contributed by atoms with Gasteiger partial charge in [0.1, 0.15) is 29.5 Å². The molecule has 0 radical (unpaired) electrons. The molecule has 0 bridgehead atoms. The van der Waals surface area contributed by atoms with Gasteiger partial charge in [0.15, 0.2) is 12.4 Å². The Morgan fingerprint density at radius 3 is 1.88 bits per heavy atom. The number of hydrogen-bond donors (Lipinski definition) is 5. The summed E-state index contributed by atoms with van der Waals surface area (Å²) in [4.78, 5) is 87.4. The second kappa shape index (κ2) is 26.1. The summed E-state index contributed by atoms with van der Waals surface area (Å²) in [7, 11) is 1.43. The first-order chi connectivity index (χ1) is 33.4. The Balaban J connectivity index is 0.00000103. The SMILES string of the molecule is CC.COC12CO[C@@H]1C[C@H](O)[C@@](C)(C(=O)COC(C)=O)C2[C@H](OC(=O)c1ccccc1)[C@]1(O)C[C@H](OC(=O)C[C@@H](NC(=O)c2ccccc2)c2ccccc2)C(C)=C(C)C1(C)C.O=C(O)C[C@H](O)C(=O)[O-].[Na+]. The number of hydrogen-bond acceptors (Lipinski definition) is 16. The summed E-state index contributed by atoms with van der Waals surface area (Å²) in [6, 6.07) is 25.0. The molecule has 1 amide bonds. The van der Waals surface area contributed by atoms with Crippen LogP contribution < -0.4 is 40.0 Å². The summed E-state index contributed by atoms with van der Waals surface area (Å²) < 4.78 is 30.1. The number of amides is 1. The van der Waals surface area contributed by atoms with Crippen LogP contribution in [0.25, 0.3) is 0 Å². The molecule has 1 aliphatic heterocycles. The maximum absolute atomic E-state index is 14.4. The summed E-state index contributed by atoms with van der Waals surface area (Å²) in [5.41, 5.74) is -4.03. The predicted molar refractivity (Wildman–Crippen MR) is 253 cm³/mol. The average molecular weight is 1010 g/mol. The molecule has 72 heavy (non-hydrogen) atoms. The van der Waals surface area contributed by atoms with Gasteiger partial charge >= 0.3 is 53.4 Å². The van der Waals surface area contributed by atoms with Crippen LogP contribution in [0.3, 0.4) is 0 Å². The Kier molecular flexibility index (Phi) is 22.1. The van der Waals surface area contributed by atoms with Gasteiger partial charge in [0.2, 0.25) is 0 Å². The molecule has 2 fully saturated rings. The smallest absolute Gasteiger partial charge is 0.547 e. The summed E-state index contributed by atoms with van der Waals surface area (Å²) >= 11 is 0. The van der Waals surface area contributed by atoms with Crippen LogP contribution in [0, 0.1) is 16.7 Å². The maximum atomic E-state index is 14.4. The molecule has 386 valence electrons. The number of carboxylic acid groups (broad SMARTS) is 2. The first-order valence-electron chi connectivity index (χ1n) is 23.3. The van der Waals surface area contributed by atoms with Crippen molar-refractivity contribution < 1.29 is 112 Å². The molecule has 2 aliphatic carbocycles. The number of benzene rings is 3. The number of aliphatic carboxylic acids is 2. The van der Waals surface area contributed by atoms with E-state index < -0.39 is 113 Å². The number of carbonyl (C=O) groups excluding carboxylic acids is 6. The molecule has 3 aromatic rings. The summed E-state index contributed by atoms with van der Waals surface area (Å²) in [6.45, 7) is 13.1. The first kappa shape index (κ1) is 61.0. The Labute approximate surface area is 441 Å². The average Bonchev–Trinajstić information content (AvgIpc) is 3.34. The van der Waals surface area contributed by atoms with Crippen LogP contribution in [-0.2, 0) is 47.7 Å². The number of ketones is 1. The minimum absolute atomic E-state index is 0. The number of aliphatic hydroxyl groups excluding tert-OH is 2. The van der Waals surface area contributed by atoms with Crippen LogP contribution in [0.15, 0.2) is 102 Å². The summed E-state index contributed by atoms with van der Waals surface area (Å²) in [5, 5.41) is 54.2. The topological polar surface area (TPSA) is 282 Å². The van der Waals surface area contributed by atoms with E-state index in [2.05, 4.69) is 5.32 Å². The second-order valence-electron chi connectivity index (χ2n) is 18.3. The number of rotatable bonds is 17. The molecule has 1 saturated carbocycles. The molecule has 5 N–H and O–H groups in total. The van der Waals surface area contributed by atoms with Crippen molar-refractivity contribution >= 4 is 41.5 Å². The van der Waals surface area contributed by atoms with Gasteiger partial charge in [-0.1, -0.05) is 100.0 Å². The Morgan fingerprint density at radius 1 is 0.861 bits per heavy atom. The van der Waals surface area contributed by atoms with Gasteiger partial charge in [-0.25, -0.2) is 4.79 Å². The molecular weight excluding hydrogens is 946 g/mol. The van der Waals surface area contributed by atoms with Gasteiger partial charge in [-0.3, -0.25) is 24.0 Å². The maximum Gasteiger partial charge on any atom is 1.00 e. The molecular formula is C53H66NNaO17. The fourth-order valence-corrected chi connectivity index (χ4v) is 9.60. The van der Waals surface area contributed by atoms with Crippen molar-refractivity contribution in [3.05, 3.63) is 119 Å². The number of methoxy groups -OCH3 is 1. The molecule has 19 heteroatoms. The number of aliphatic hydroxyl groups is 3. The van der Waals surface area contributed by atoms with Gasteiger partial charge < -0.3 is 59.3 Å². The fraction of sp³-hybridized carbons (Fsp3) is 0.491. The zero-order valence-corrected chi connectivity index (χ0v) is 44.5. The normalized spacial score (nSPS) is 25.9. The first-order valence-corrected chi connectivity index (χ1v) is 23.3. The third-order valence-corrected chi connectivity index (χ3v) is 14.2. The number of nitrogens with one attached hydrogen (secondary N) is 1. The van der Waals surface area contributed by atoms with Crippen LogP contribution in [0.5, 0.6) is 0 Å². The summed E-state index contributed by atoms with van der Waals surface area (Å²) in [6.07, 6.45) is -8.19. The fourth-order valence-electron chi connectivity index (χ4n) is 9.60. The van der Waals surface area contributed by atoms with Crippen molar-refractivity contribution in [3.8, 4) is 0 Å². The Morgan fingerprint density at radius 2 is 1.40 bits per heavy atom.